The summed E-state index contributed by atoms with van der Waals surface area (Å²) < 4.78 is 41.5. The van der Waals surface area contributed by atoms with Crippen molar-refractivity contribution >= 4 is 40.9 Å². The number of carbonyl (C=O) groups is 1. The van der Waals surface area contributed by atoms with Crippen molar-refractivity contribution < 1.29 is 22.7 Å². The van der Waals surface area contributed by atoms with E-state index in [1.807, 2.05) is 0 Å². The minimum Gasteiger partial charge on any atom is -0.462 e. The topological polar surface area (TPSA) is 26.3 Å². The summed E-state index contributed by atoms with van der Waals surface area (Å²) >= 11 is 12.0. The monoisotopic (exact) mass is 332 g/mol. The molecule has 0 heterocycles. The van der Waals surface area contributed by atoms with Gasteiger partial charge < -0.3 is 4.74 Å². The van der Waals surface area contributed by atoms with Gasteiger partial charge >= 0.3 is 12.1 Å². The smallest absolute Gasteiger partial charge is 0.398 e. The van der Waals surface area contributed by atoms with Gasteiger partial charge in [-0.25, -0.2) is 4.79 Å². The first-order valence-electron chi connectivity index (χ1n) is 5.11. The van der Waals surface area contributed by atoms with Crippen molar-refractivity contribution in [3.8, 4) is 0 Å². The summed E-state index contributed by atoms with van der Waals surface area (Å²) in [5.41, 5.74) is -0.0227. The third-order valence-corrected chi connectivity index (χ3v) is 4.03. The van der Waals surface area contributed by atoms with Crippen LogP contribution in [0.1, 0.15) is 17.3 Å². The Labute approximate surface area is 122 Å². The Balaban J connectivity index is 3.10. The molecule has 0 aliphatic carbocycles. The molecule has 0 bridgehead atoms. The summed E-state index contributed by atoms with van der Waals surface area (Å²) in [6, 6.07) is 2.64. The molecule has 1 aromatic carbocycles. The molecule has 106 valence electrons. The van der Waals surface area contributed by atoms with E-state index in [0.29, 0.717) is 11.8 Å². The predicted octanol–water partition coefficient (Wildman–Crippen LogP) is 4.82. The van der Waals surface area contributed by atoms with Gasteiger partial charge in [0.05, 0.1) is 28.0 Å². The fourth-order valence-electron chi connectivity index (χ4n) is 1.20. The highest BCUT2D eigenvalue weighted by atomic mass is 35.5. The lowest BCUT2D eigenvalue weighted by Gasteiger charge is -2.12. The third kappa shape index (κ3) is 4.78. The van der Waals surface area contributed by atoms with Gasteiger partial charge in [0.15, 0.2) is 0 Å². The van der Waals surface area contributed by atoms with Gasteiger partial charge in [0.1, 0.15) is 0 Å². The molecule has 1 rings (SSSR count). The zero-order valence-electron chi connectivity index (χ0n) is 9.68. The molecule has 0 aliphatic rings. The first kappa shape index (κ1) is 16.5. The number of thioether (sulfide) groups is 1. The second kappa shape index (κ2) is 6.72. The first-order valence-corrected chi connectivity index (χ1v) is 6.85. The van der Waals surface area contributed by atoms with Crippen molar-refractivity contribution in [3.63, 3.8) is 0 Å². The molecule has 0 saturated heterocycles. The predicted molar refractivity (Wildman–Crippen MR) is 69.2 cm³/mol. The Kier molecular flexibility index (Phi) is 5.82. The second-order valence-corrected chi connectivity index (χ2v) is 5.13. The van der Waals surface area contributed by atoms with E-state index in [1.54, 1.807) is 6.92 Å². The number of alkyl halides is 3. The van der Waals surface area contributed by atoms with Crippen LogP contribution in [0.15, 0.2) is 17.0 Å². The molecule has 0 amide bonds. The average molecular weight is 333 g/mol. The number of benzene rings is 1. The van der Waals surface area contributed by atoms with Crippen LogP contribution in [-0.2, 0) is 4.74 Å². The molecule has 0 atom stereocenters. The first-order chi connectivity index (χ1) is 8.76. The Morgan fingerprint density at radius 2 is 2.00 bits per heavy atom. The molecule has 19 heavy (non-hydrogen) atoms. The molecular weight excluding hydrogens is 324 g/mol. The van der Waals surface area contributed by atoms with Crippen LogP contribution in [0.3, 0.4) is 0 Å². The van der Waals surface area contributed by atoms with E-state index in [2.05, 4.69) is 0 Å². The normalized spacial score (nSPS) is 11.5. The van der Waals surface area contributed by atoms with Crippen LogP contribution in [0.4, 0.5) is 13.2 Å². The van der Waals surface area contributed by atoms with Gasteiger partial charge in [-0.2, -0.15) is 13.2 Å². The molecular formula is C11H9Cl2F3O2S. The van der Waals surface area contributed by atoms with E-state index in [0.717, 1.165) is 0 Å². The fraction of sp³-hybridized carbons (Fsp3) is 0.364. The van der Waals surface area contributed by atoms with Crippen LogP contribution < -0.4 is 0 Å². The molecule has 0 fully saturated rings. The van der Waals surface area contributed by atoms with Crippen LogP contribution >= 0.6 is 35.0 Å². The molecule has 0 spiro atoms. The minimum absolute atomic E-state index is 0.0227. The van der Waals surface area contributed by atoms with Crippen LogP contribution in [0.5, 0.6) is 0 Å². The number of ether oxygens (including phenoxy) is 1. The van der Waals surface area contributed by atoms with Crippen molar-refractivity contribution in [1.82, 2.24) is 0 Å². The quantitative estimate of drug-likeness (QED) is 0.583. The van der Waals surface area contributed by atoms with E-state index >= 15 is 0 Å². The highest BCUT2D eigenvalue weighted by molar-refractivity contribution is 7.99. The van der Waals surface area contributed by atoms with Crippen molar-refractivity contribution in [2.75, 3.05) is 12.4 Å². The summed E-state index contributed by atoms with van der Waals surface area (Å²) in [6.45, 7) is 1.71. The van der Waals surface area contributed by atoms with Crippen molar-refractivity contribution in [1.29, 1.82) is 0 Å². The third-order valence-electron chi connectivity index (χ3n) is 1.93. The van der Waals surface area contributed by atoms with E-state index in [9.17, 15) is 18.0 Å². The summed E-state index contributed by atoms with van der Waals surface area (Å²) in [5.74, 6) is -1.90. The van der Waals surface area contributed by atoms with Gasteiger partial charge in [0, 0.05) is 4.90 Å². The Morgan fingerprint density at radius 1 is 1.37 bits per heavy atom. The van der Waals surface area contributed by atoms with Gasteiger partial charge in [-0.1, -0.05) is 23.2 Å². The lowest BCUT2D eigenvalue weighted by Crippen LogP contribution is -2.12. The zero-order chi connectivity index (χ0) is 14.6. The highest BCUT2D eigenvalue weighted by Crippen LogP contribution is 2.38. The molecule has 0 radical (unpaired) electrons. The fourth-order valence-corrected chi connectivity index (χ4v) is 2.59. The maximum Gasteiger partial charge on any atom is 0.398 e. The minimum atomic E-state index is -4.37. The van der Waals surface area contributed by atoms with Crippen molar-refractivity contribution in [2.45, 2.75) is 18.0 Å². The van der Waals surface area contributed by atoms with Crippen LogP contribution in [0.2, 0.25) is 10.0 Å². The molecule has 0 aliphatic heterocycles. The lowest BCUT2D eigenvalue weighted by molar-refractivity contribution is -0.105. The van der Waals surface area contributed by atoms with E-state index in [4.69, 9.17) is 27.9 Å². The van der Waals surface area contributed by atoms with E-state index in [-0.39, 0.29) is 27.1 Å². The van der Waals surface area contributed by atoms with Gasteiger partial charge in [-0.3, -0.25) is 0 Å². The summed E-state index contributed by atoms with van der Waals surface area (Å²) in [6.07, 6.45) is -4.37. The van der Waals surface area contributed by atoms with Gasteiger partial charge in [0.25, 0.3) is 0 Å². The van der Waals surface area contributed by atoms with E-state index in [1.165, 1.54) is 12.1 Å². The van der Waals surface area contributed by atoms with Gasteiger partial charge in [-0.05, 0) is 19.1 Å². The Bertz CT molecular complexity index is 478. The summed E-state index contributed by atoms with van der Waals surface area (Å²) in [4.78, 5) is 11.6. The van der Waals surface area contributed by atoms with Crippen LogP contribution in [-0.4, -0.2) is 24.5 Å². The van der Waals surface area contributed by atoms with Crippen molar-refractivity contribution in [2.24, 2.45) is 0 Å². The SMILES string of the molecule is CCOC(=O)c1ccc(Cl)c(Cl)c1SCC(F)(F)F. The number of esters is 1. The summed E-state index contributed by atoms with van der Waals surface area (Å²) in [7, 11) is 0. The van der Waals surface area contributed by atoms with Gasteiger partial charge in [-0.15, -0.1) is 11.8 Å². The second-order valence-electron chi connectivity index (χ2n) is 3.36. The Morgan fingerprint density at radius 3 is 2.53 bits per heavy atom. The standard InChI is InChI=1S/C11H9Cl2F3O2S/c1-2-18-10(17)6-3-4-7(12)8(13)9(6)19-5-11(14,15)16/h3-4H,2,5H2,1H3. The van der Waals surface area contributed by atoms with Crippen LogP contribution in [0, 0.1) is 0 Å². The molecule has 1 aromatic rings. The molecule has 2 nitrogen and oxygen atoms in total. The molecule has 8 heteroatoms. The average Bonchev–Trinajstić information content (AvgIpc) is 2.30. The number of hydrogen-bond donors (Lipinski definition) is 0. The number of carbonyl (C=O) groups excluding carboxylic acids is 1. The van der Waals surface area contributed by atoms with Crippen LogP contribution in [0.25, 0.3) is 0 Å². The van der Waals surface area contributed by atoms with E-state index < -0.39 is 17.9 Å². The highest BCUT2D eigenvalue weighted by Gasteiger charge is 2.29. The van der Waals surface area contributed by atoms with Crippen molar-refractivity contribution in [3.05, 3.63) is 27.7 Å². The number of hydrogen-bond acceptors (Lipinski definition) is 3. The molecule has 0 unspecified atom stereocenters. The number of rotatable bonds is 4. The van der Waals surface area contributed by atoms with Gasteiger partial charge in [0.2, 0.25) is 0 Å². The maximum atomic E-state index is 12.2. The largest absolute Gasteiger partial charge is 0.462 e. The zero-order valence-corrected chi connectivity index (χ0v) is 12.0. The Hall–Kier alpha value is -0.590. The molecule has 0 aromatic heterocycles. The lowest BCUT2D eigenvalue weighted by atomic mass is 10.2. The molecule has 0 saturated carbocycles. The molecule has 0 N–H and O–H groups in total. The summed E-state index contributed by atoms with van der Waals surface area (Å²) in [5, 5.41) is 0.000796. The number of halogens is 5. The maximum absolute atomic E-state index is 12.2.